The highest BCUT2D eigenvalue weighted by atomic mass is 35.5. The van der Waals surface area contributed by atoms with Crippen LogP contribution in [0.1, 0.15) is 25.8 Å². The van der Waals surface area contributed by atoms with Crippen LogP contribution in [0.25, 0.3) is 0 Å². The van der Waals surface area contributed by atoms with Crippen LogP contribution in [0.2, 0.25) is 5.02 Å². The van der Waals surface area contributed by atoms with Gasteiger partial charge in [-0.15, -0.1) is 0 Å². The highest BCUT2D eigenvalue weighted by molar-refractivity contribution is 6.32. The number of hydrogen-bond acceptors (Lipinski definition) is 4. The molecule has 1 aliphatic rings. The second-order valence-electron chi connectivity index (χ2n) is 6.32. The zero-order valence-electron chi connectivity index (χ0n) is 16.2. The number of aliphatic imine (C=N–C) groups is 1. The van der Waals surface area contributed by atoms with Gasteiger partial charge in [-0.3, -0.25) is 0 Å². The fraction of sp³-hybridized carbons (Fsp3) is 0.632. The Morgan fingerprint density at radius 2 is 2.23 bits per heavy atom. The molecule has 146 valence electrons. The van der Waals surface area contributed by atoms with Gasteiger partial charge in [0.1, 0.15) is 0 Å². The maximum atomic E-state index is 6.35. The number of rotatable bonds is 8. The molecule has 1 fully saturated rings. The summed E-state index contributed by atoms with van der Waals surface area (Å²) < 4.78 is 16.4. The fourth-order valence-electron chi connectivity index (χ4n) is 2.99. The van der Waals surface area contributed by atoms with Crippen molar-refractivity contribution in [1.29, 1.82) is 0 Å². The molecule has 7 heteroatoms. The Morgan fingerprint density at radius 1 is 1.42 bits per heavy atom. The topological polar surface area (TPSA) is 55.3 Å². The van der Waals surface area contributed by atoms with Gasteiger partial charge < -0.3 is 24.4 Å². The number of nitrogens with one attached hydrogen (secondary N) is 1. The molecular formula is C19H30ClN3O3. The molecule has 0 aliphatic carbocycles. The maximum absolute atomic E-state index is 6.35. The summed E-state index contributed by atoms with van der Waals surface area (Å²) >= 11 is 6.35. The van der Waals surface area contributed by atoms with Gasteiger partial charge in [0.05, 0.1) is 31.9 Å². The van der Waals surface area contributed by atoms with E-state index < -0.39 is 0 Å². The molecule has 1 N–H and O–H groups in total. The predicted molar refractivity (Wildman–Crippen MR) is 106 cm³/mol. The average Bonchev–Trinajstić information content (AvgIpc) is 3.13. The van der Waals surface area contributed by atoms with Gasteiger partial charge in [0.15, 0.2) is 17.5 Å². The van der Waals surface area contributed by atoms with Crippen molar-refractivity contribution in [3.05, 3.63) is 22.7 Å². The van der Waals surface area contributed by atoms with Crippen molar-refractivity contribution in [3.8, 4) is 11.5 Å². The normalized spacial score (nSPS) is 17.3. The van der Waals surface area contributed by atoms with Crippen LogP contribution >= 0.6 is 11.6 Å². The summed E-state index contributed by atoms with van der Waals surface area (Å²) in [5.74, 6) is 2.65. The van der Waals surface area contributed by atoms with Crippen molar-refractivity contribution >= 4 is 17.6 Å². The smallest absolute Gasteiger partial charge is 0.193 e. The Labute approximate surface area is 161 Å². The summed E-state index contributed by atoms with van der Waals surface area (Å²) in [5.41, 5.74) is 0.975. The maximum Gasteiger partial charge on any atom is 0.193 e. The zero-order valence-corrected chi connectivity index (χ0v) is 16.9. The van der Waals surface area contributed by atoms with E-state index in [0.717, 1.165) is 44.2 Å². The first-order chi connectivity index (χ1) is 12.6. The summed E-state index contributed by atoms with van der Waals surface area (Å²) in [6.45, 7) is 8.47. The highest BCUT2D eigenvalue weighted by Gasteiger charge is 2.19. The van der Waals surface area contributed by atoms with Gasteiger partial charge in [0, 0.05) is 32.7 Å². The van der Waals surface area contributed by atoms with Crippen LogP contribution in [0.5, 0.6) is 11.5 Å². The van der Waals surface area contributed by atoms with Gasteiger partial charge in [-0.1, -0.05) is 11.6 Å². The van der Waals surface area contributed by atoms with E-state index in [2.05, 4.69) is 24.2 Å². The number of nitrogens with zero attached hydrogens (tertiary/aromatic N) is 2. The second kappa shape index (κ2) is 10.5. The fourth-order valence-corrected chi connectivity index (χ4v) is 3.27. The highest BCUT2D eigenvalue weighted by Crippen LogP contribution is 2.36. The molecular weight excluding hydrogens is 354 g/mol. The van der Waals surface area contributed by atoms with Crippen LogP contribution in [-0.4, -0.2) is 57.9 Å². The minimum Gasteiger partial charge on any atom is -0.493 e. The largest absolute Gasteiger partial charge is 0.493 e. The van der Waals surface area contributed by atoms with Crippen LogP contribution in [0.3, 0.4) is 0 Å². The van der Waals surface area contributed by atoms with E-state index in [1.165, 1.54) is 0 Å². The average molecular weight is 384 g/mol. The molecule has 2 rings (SSSR count). The number of hydrogen-bond donors (Lipinski definition) is 1. The van der Waals surface area contributed by atoms with E-state index in [1.807, 2.05) is 19.1 Å². The number of benzene rings is 1. The molecule has 6 nitrogen and oxygen atoms in total. The first kappa shape index (κ1) is 20.6. The molecule has 0 bridgehead atoms. The van der Waals surface area contributed by atoms with Gasteiger partial charge in [-0.25, -0.2) is 4.99 Å². The van der Waals surface area contributed by atoms with Crippen molar-refractivity contribution in [2.45, 2.75) is 26.8 Å². The summed E-state index contributed by atoms with van der Waals surface area (Å²) in [4.78, 5) is 6.92. The van der Waals surface area contributed by atoms with Crippen molar-refractivity contribution in [1.82, 2.24) is 10.2 Å². The minimum atomic E-state index is 0.510. The van der Waals surface area contributed by atoms with Crippen LogP contribution in [0.15, 0.2) is 17.1 Å². The molecule has 26 heavy (non-hydrogen) atoms. The SMILES string of the molecule is CCNC(=NCc1cc(Cl)c(OCC)c(OC)c1)N(C)CC1CCOC1. The summed E-state index contributed by atoms with van der Waals surface area (Å²) in [7, 11) is 3.67. The van der Waals surface area contributed by atoms with Gasteiger partial charge in [0.2, 0.25) is 0 Å². The van der Waals surface area contributed by atoms with E-state index in [0.29, 0.717) is 35.6 Å². The predicted octanol–water partition coefficient (Wildman–Crippen LogP) is 3.18. The molecule has 1 unspecified atom stereocenters. The van der Waals surface area contributed by atoms with Crippen molar-refractivity contribution in [2.75, 3.05) is 47.1 Å². The Balaban J connectivity index is 2.11. The second-order valence-corrected chi connectivity index (χ2v) is 6.73. The van der Waals surface area contributed by atoms with Gasteiger partial charge in [0.25, 0.3) is 0 Å². The number of methoxy groups -OCH3 is 1. The monoisotopic (exact) mass is 383 g/mol. The van der Waals surface area contributed by atoms with E-state index in [9.17, 15) is 0 Å². The minimum absolute atomic E-state index is 0.510. The van der Waals surface area contributed by atoms with Crippen molar-refractivity contribution in [2.24, 2.45) is 10.9 Å². The van der Waals surface area contributed by atoms with Gasteiger partial charge in [-0.2, -0.15) is 0 Å². The number of ether oxygens (including phenoxy) is 3. The van der Waals surface area contributed by atoms with E-state index in [4.69, 9.17) is 30.8 Å². The number of halogens is 1. The molecule has 0 spiro atoms. The first-order valence-electron chi connectivity index (χ1n) is 9.15. The molecule has 0 aromatic heterocycles. The van der Waals surface area contributed by atoms with E-state index >= 15 is 0 Å². The third-order valence-electron chi connectivity index (χ3n) is 4.24. The van der Waals surface area contributed by atoms with E-state index in [-0.39, 0.29) is 0 Å². The van der Waals surface area contributed by atoms with Crippen molar-refractivity contribution < 1.29 is 14.2 Å². The van der Waals surface area contributed by atoms with Gasteiger partial charge in [-0.05, 0) is 38.0 Å². The van der Waals surface area contributed by atoms with Crippen LogP contribution < -0.4 is 14.8 Å². The standard InChI is InChI=1S/C19H30ClN3O3/c1-5-21-19(23(3)12-14-7-8-25-13-14)22-11-15-9-16(20)18(26-6-2)17(10-15)24-4/h9-10,14H,5-8,11-13H2,1-4H3,(H,21,22). The first-order valence-corrected chi connectivity index (χ1v) is 9.53. The molecule has 1 aromatic carbocycles. The Bertz CT molecular complexity index is 604. The molecule has 0 amide bonds. The summed E-state index contributed by atoms with van der Waals surface area (Å²) in [6.07, 6.45) is 1.11. The van der Waals surface area contributed by atoms with Crippen molar-refractivity contribution in [3.63, 3.8) is 0 Å². The number of guanidine groups is 1. The molecule has 1 saturated heterocycles. The summed E-state index contributed by atoms with van der Waals surface area (Å²) in [5, 5.41) is 3.89. The zero-order chi connectivity index (χ0) is 18.9. The van der Waals surface area contributed by atoms with Crippen LogP contribution in [-0.2, 0) is 11.3 Å². The summed E-state index contributed by atoms with van der Waals surface area (Å²) in [6, 6.07) is 3.81. The lowest BCUT2D eigenvalue weighted by atomic mass is 10.1. The van der Waals surface area contributed by atoms with E-state index in [1.54, 1.807) is 7.11 Å². The third kappa shape index (κ3) is 5.68. The quantitative estimate of drug-likeness (QED) is 0.552. The third-order valence-corrected chi connectivity index (χ3v) is 4.52. The van der Waals surface area contributed by atoms with Gasteiger partial charge >= 0.3 is 0 Å². The molecule has 1 atom stereocenters. The molecule has 1 aliphatic heterocycles. The Kier molecular flexibility index (Phi) is 8.32. The molecule has 0 radical (unpaired) electrons. The molecule has 1 aromatic rings. The molecule has 1 heterocycles. The Hall–Kier alpha value is -1.66. The lowest BCUT2D eigenvalue weighted by Gasteiger charge is -2.24. The van der Waals surface area contributed by atoms with Crippen LogP contribution in [0.4, 0.5) is 0 Å². The lowest BCUT2D eigenvalue weighted by Crippen LogP contribution is -2.41. The van der Waals surface area contributed by atoms with Crippen LogP contribution in [0, 0.1) is 5.92 Å². The Morgan fingerprint density at radius 3 is 2.85 bits per heavy atom. The molecule has 0 saturated carbocycles. The lowest BCUT2D eigenvalue weighted by molar-refractivity contribution is 0.181.